The van der Waals surface area contributed by atoms with E-state index < -0.39 is 0 Å². The van der Waals surface area contributed by atoms with E-state index in [4.69, 9.17) is 4.74 Å². The molecule has 0 saturated carbocycles. The summed E-state index contributed by atoms with van der Waals surface area (Å²) >= 11 is 0. The van der Waals surface area contributed by atoms with Gasteiger partial charge in [-0.3, -0.25) is 0 Å². The van der Waals surface area contributed by atoms with Crippen LogP contribution in [0.25, 0.3) is 0 Å². The lowest BCUT2D eigenvalue weighted by Gasteiger charge is -2.25. The number of hydrogen-bond acceptors (Lipinski definition) is 2. The van der Waals surface area contributed by atoms with E-state index in [1.807, 2.05) is 6.92 Å². The molecule has 0 aliphatic heterocycles. The Morgan fingerprint density at radius 3 is 2.17 bits per heavy atom. The Balaban J connectivity index is 3.90. The van der Waals surface area contributed by atoms with Crippen molar-refractivity contribution in [2.24, 2.45) is 5.92 Å². The summed E-state index contributed by atoms with van der Waals surface area (Å²) in [4.78, 5) is 0. The van der Waals surface area contributed by atoms with Crippen LogP contribution in [0, 0.1) is 5.92 Å². The van der Waals surface area contributed by atoms with E-state index in [0.29, 0.717) is 12.5 Å². The van der Waals surface area contributed by atoms with Gasteiger partial charge in [0.1, 0.15) is 0 Å². The monoisotopic (exact) mass is 174 g/mol. The van der Waals surface area contributed by atoms with Gasteiger partial charge < -0.3 is 9.84 Å². The molecule has 0 aromatic rings. The summed E-state index contributed by atoms with van der Waals surface area (Å²) in [5, 5.41) is 9.42. The third kappa shape index (κ3) is 4.07. The fourth-order valence-electron chi connectivity index (χ4n) is 1.59. The summed E-state index contributed by atoms with van der Waals surface area (Å²) in [6.07, 6.45) is 1.92. The molecule has 3 atom stereocenters. The van der Waals surface area contributed by atoms with Crippen LogP contribution in [0.2, 0.25) is 0 Å². The molecule has 2 heteroatoms. The van der Waals surface area contributed by atoms with Gasteiger partial charge in [-0.1, -0.05) is 20.3 Å². The second-order valence-corrected chi connectivity index (χ2v) is 3.43. The predicted molar refractivity (Wildman–Crippen MR) is 51.2 cm³/mol. The van der Waals surface area contributed by atoms with Crippen LogP contribution in [0.5, 0.6) is 0 Å². The zero-order valence-corrected chi connectivity index (χ0v) is 8.71. The van der Waals surface area contributed by atoms with Gasteiger partial charge >= 0.3 is 0 Å². The van der Waals surface area contributed by atoms with Crippen LogP contribution in [0.15, 0.2) is 0 Å². The number of aliphatic hydroxyl groups excluding tert-OH is 1. The molecule has 2 nitrogen and oxygen atoms in total. The molecule has 0 radical (unpaired) electrons. The van der Waals surface area contributed by atoms with Crippen molar-refractivity contribution in [3.63, 3.8) is 0 Å². The quantitative estimate of drug-likeness (QED) is 0.669. The number of aliphatic hydroxyl groups is 1. The third-order valence-electron chi connectivity index (χ3n) is 2.14. The Bertz CT molecular complexity index is 102. The van der Waals surface area contributed by atoms with Crippen molar-refractivity contribution >= 4 is 0 Å². The molecule has 0 amide bonds. The molecule has 0 aromatic heterocycles. The van der Waals surface area contributed by atoms with E-state index in [0.717, 1.165) is 12.8 Å². The summed E-state index contributed by atoms with van der Waals surface area (Å²) in [5.41, 5.74) is 0. The lowest BCUT2D eigenvalue weighted by atomic mass is 9.96. The van der Waals surface area contributed by atoms with Crippen LogP contribution in [-0.4, -0.2) is 23.9 Å². The molecule has 0 fully saturated rings. The molecule has 0 saturated heterocycles. The maximum atomic E-state index is 9.42. The molecular weight excluding hydrogens is 152 g/mol. The largest absolute Gasteiger partial charge is 0.391 e. The highest BCUT2D eigenvalue weighted by Crippen LogP contribution is 2.16. The smallest absolute Gasteiger partial charge is 0.0856 e. The van der Waals surface area contributed by atoms with Gasteiger partial charge in [0, 0.05) is 6.61 Å². The van der Waals surface area contributed by atoms with Gasteiger partial charge in [-0.2, -0.15) is 0 Å². The zero-order valence-electron chi connectivity index (χ0n) is 8.71. The van der Waals surface area contributed by atoms with Crippen molar-refractivity contribution < 1.29 is 9.84 Å². The lowest BCUT2D eigenvalue weighted by Crippen LogP contribution is -2.32. The molecule has 74 valence electrons. The first-order valence-corrected chi connectivity index (χ1v) is 4.93. The Hall–Kier alpha value is -0.0800. The number of ether oxygens (including phenoxy) is 1. The first-order valence-electron chi connectivity index (χ1n) is 4.93. The minimum atomic E-state index is -0.355. The van der Waals surface area contributed by atoms with Gasteiger partial charge in [0.15, 0.2) is 0 Å². The van der Waals surface area contributed by atoms with Gasteiger partial charge in [0.25, 0.3) is 0 Å². The van der Waals surface area contributed by atoms with Gasteiger partial charge in [-0.05, 0) is 26.2 Å². The summed E-state index contributed by atoms with van der Waals surface area (Å²) in [6.45, 7) is 8.74. The van der Waals surface area contributed by atoms with Gasteiger partial charge in [0.2, 0.25) is 0 Å². The first-order chi connectivity index (χ1) is 5.63. The summed E-state index contributed by atoms with van der Waals surface area (Å²) in [5.74, 6) is 0.454. The third-order valence-corrected chi connectivity index (χ3v) is 2.14. The van der Waals surface area contributed by atoms with Crippen molar-refractivity contribution in [3.05, 3.63) is 0 Å². The van der Waals surface area contributed by atoms with Crippen molar-refractivity contribution in [2.45, 2.75) is 52.7 Å². The summed E-state index contributed by atoms with van der Waals surface area (Å²) < 4.78 is 5.47. The Morgan fingerprint density at radius 1 is 1.25 bits per heavy atom. The fourth-order valence-corrected chi connectivity index (χ4v) is 1.59. The van der Waals surface area contributed by atoms with Crippen LogP contribution < -0.4 is 0 Å². The molecule has 0 rings (SSSR count). The molecule has 12 heavy (non-hydrogen) atoms. The summed E-state index contributed by atoms with van der Waals surface area (Å²) in [6, 6.07) is 0. The number of rotatable bonds is 6. The molecular formula is C10H22O2. The molecule has 0 heterocycles. The molecule has 0 bridgehead atoms. The van der Waals surface area contributed by atoms with Crippen LogP contribution in [0.3, 0.4) is 0 Å². The van der Waals surface area contributed by atoms with E-state index in [1.54, 1.807) is 6.92 Å². The van der Waals surface area contributed by atoms with Crippen LogP contribution in [-0.2, 0) is 4.74 Å². The summed E-state index contributed by atoms with van der Waals surface area (Å²) in [7, 11) is 0. The standard InChI is InChI=1S/C10H22O2/c1-5-7-8(3)10(9(4)11)12-6-2/h8-11H,5-7H2,1-4H3. The molecule has 0 aliphatic carbocycles. The normalized spacial score (nSPS) is 18.8. The Kier molecular flexibility index (Phi) is 6.39. The molecule has 3 unspecified atom stereocenters. The molecule has 0 aliphatic rings. The van der Waals surface area contributed by atoms with Crippen molar-refractivity contribution in [3.8, 4) is 0 Å². The van der Waals surface area contributed by atoms with E-state index in [2.05, 4.69) is 13.8 Å². The van der Waals surface area contributed by atoms with Crippen LogP contribution in [0.4, 0.5) is 0 Å². The van der Waals surface area contributed by atoms with Crippen molar-refractivity contribution in [1.29, 1.82) is 0 Å². The van der Waals surface area contributed by atoms with Gasteiger partial charge in [0.05, 0.1) is 12.2 Å². The SMILES string of the molecule is CCCC(C)C(OCC)C(C)O. The second kappa shape index (κ2) is 6.44. The first kappa shape index (κ1) is 11.9. The second-order valence-electron chi connectivity index (χ2n) is 3.43. The average molecular weight is 174 g/mol. The average Bonchev–Trinajstić information content (AvgIpc) is 1.99. The van der Waals surface area contributed by atoms with E-state index in [9.17, 15) is 5.11 Å². The van der Waals surface area contributed by atoms with Crippen LogP contribution in [0.1, 0.15) is 40.5 Å². The highest BCUT2D eigenvalue weighted by atomic mass is 16.5. The molecule has 0 spiro atoms. The lowest BCUT2D eigenvalue weighted by molar-refractivity contribution is -0.0548. The minimum absolute atomic E-state index is 0.00921. The van der Waals surface area contributed by atoms with Crippen LogP contribution >= 0.6 is 0 Å². The minimum Gasteiger partial charge on any atom is -0.391 e. The Morgan fingerprint density at radius 2 is 1.83 bits per heavy atom. The van der Waals surface area contributed by atoms with Crippen molar-refractivity contribution in [1.82, 2.24) is 0 Å². The van der Waals surface area contributed by atoms with Gasteiger partial charge in [-0.15, -0.1) is 0 Å². The maximum absolute atomic E-state index is 9.42. The van der Waals surface area contributed by atoms with E-state index in [-0.39, 0.29) is 12.2 Å². The fraction of sp³-hybridized carbons (Fsp3) is 1.00. The topological polar surface area (TPSA) is 29.5 Å². The highest BCUT2D eigenvalue weighted by Gasteiger charge is 2.21. The van der Waals surface area contributed by atoms with Crippen molar-refractivity contribution in [2.75, 3.05) is 6.61 Å². The number of hydrogen-bond donors (Lipinski definition) is 1. The molecule has 0 aromatic carbocycles. The van der Waals surface area contributed by atoms with E-state index in [1.165, 1.54) is 0 Å². The highest BCUT2D eigenvalue weighted by molar-refractivity contribution is 4.71. The maximum Gasteiger partial charge on any atom is 0.0856 e. The zero-order chi connectivity index (χ0) is 9.56. The predicted octanol–water partition coefficient (Wildman–Crippen LogP) is 2.21. The van der Waals surface area contributed by atoms with Gasteiger partial charge in [-0.25, -0.2) is 0 Å². The van der Waals surface area contributed by atoms with E-state index >= 15 is 0 Å². The Labute approximate surface area is 75.9 Å². The molecule has 1 N–H and O–H groups in total.